The minimum atomic E-state index is -4.05. The van der Waals surface area contributed by atoms with E-state index in [4.69, 9.17) is 26.5 Å². The van der Waals surface area contributed by atoms with Crippen LogP contribution in [0.1, 0.15) is 10.4 Å². The molecule has 3 aromatic rings. The average molecular weight is 463 g/mol. The molecule has 0 aliphatic rings. The number of thiophene rings is 1. The standard InChI is InChI=1S/C17H11ClN6O4S2/c18-14-6-5-13(29-14)16-22-23-17(28-16)21-15(25)11-1-3-12(4-2-11)30(26,27)24(9-7-19)10-8-20/h1-6H,9-10H2,(H,21,23,25). The molecule has 30 heavy (non-hydrogen) atoms. The number of carbonyl (C=O) groups excluding carboxylic acids is 1. The number of hydrogen-bond acceptors (Lipinski definition) is 9. The van der Waals surface area contributed by atoms with Crippen LogP contribution in [-0.4, -0.2) is 41.9 Å². The smallest absolute Gasteiger partial charge is 0.322 e. The number of amides is 1. The van der Waals surface area contributed by atoms with Gasteiger partial charge in [-0.1, -0.05) is 16.7 Å². The number of sulfonamides is 1. The van der Waals surface area contributed by atoms with E-state index >= 15 is 0 Å². The number of hydrogen-bond donors (Lipinski definition) is 1. The summed E-state index contributed by atoms with van der Waals surface area (Å²) in [6.07, 6.45) is 0. The summed E-state index contributed by atoms with van der Waals surface area (Å²) in [7, 11) is -4.05. The number of carbonyl (C=O) groups is 1. The Balaban J connectivity index is 1.73. The van der Waals surface area contributed by atoms with Gasteiger partial charge in [0.2, 0.25) is 10.0 Å². The minimum absolute atomic E-state index is 0.134. The molecule has 0 atom stereocenters. The van der Waals surface area contributed by atoms with Gasteiger partial charge in [-0.15, -0.1) is 16.4 Å². The van der Waals surface area contributed by atoms with Crippen LogP contribution in [0.15, 0.2) is 45.7 Å². The second kappa shape index (κ2) is 9.02. The zero-order chi connectivity index (χ0) is 21.7. The van der Waals surface area contributed by atoms with E-state index in [0.717, 1.165) is 4.31 Å². The van der Waals surface area contributed by atoms with Crippen molar-refractivity contribution in [3.63, 3.8) is 0 Å². The second-order valence-corrected chi connectivity index (χ2v) is 9.24. The maximum Gasteiger partial charge on any atom is 0.322 e. The molecule has 0 aliphatic heterocycles. The summed E-state index contributed by atoms with van der Waals surface area (Å²) in [5, 5.41) is 27.5. The first-order chi connectivity index (χ1) is 14.3. The molecule has 13 heteroatoms. The molecule has 2 heterocycles. The molecule has 10 nitrogen and oxygen atoms in total. The summed E-state index contributed by atoms with van der Waals surface area (Å²) in [5.74, 6) is -0.400. The van der Waals surface area contributed by atoms with Gasteiger partial charge in [0.05, 0.1) is 26.2 Å². The molecule has 0 spiro atoms. The summed E-state index contributed by atoms with van der Waals surface area (Å²) < 4.78 is 31.7. The number of nitrogens with zero attached hydrogens (tertiary/aromatic N) is 5. The van der Waals surface area contributed by atoms with Crippen LogP contribution in [0.4, 0.5) is 6.01 Å². The molecule has 1 amide bonds. The monoisotopic (exact) mass is 462 g/mol. The van der Waals surface area contributed by atoms with Crippen molar-refractivity contribution in [3.8, 4) is 22.9 Å². The first kappa shape index (κ1) is 21.4. The fourth-order valence-electron chi connectivity index (χ4n) is 2.28. The molecule has 2 aromatic heterocycles. The Morgan fingerprint density at radius 3 is 2.37 bits per heavy atom. The Morgan fingerprint density at radius 2 is 1.80 bits per heavy atom. The van der Waals surface area contributed by atoms with Gasteiger partial charge in [-0.3, -0.25) is 10.1 Å². The van der Waals surface area contributed by atoms with Crippen LogP contribution in [0.5, 0.6) is 0 Å². The molecular weight excluding hydrogens is 452 g/mol. The molecule has 152 valence electrons. The van der Waals surface area contributed by atoms with Crippen LogP contribution < -0.4 is 5.32 Å². The number of halogens is 1. The maximum atomic E-state index is 12.5. The largest absolute Gasteiger partial charge is 0.402 e. The fraction of sp³-hybridized carbons (Fsp3) is 0.118. The van der Waals surface area contributed by atoms with E-state index in [1.54, 1.807) is 24.3 Å². The van der Waals surface area contributed by atoms with Crippen molar-refractivity contribution in [2.24, 2.45) is 0 Å². The number of nitriles is 2. The molecular formula is C17H11ClN6O4S2. The molecule has 0 unspecified atom stereocenters. The lowest BCUT2D eigenvalue weighted by Crippen LogP contribution is -2.31. The first-order valence-corrected chi connectivity index (χ1v) is 10.7. The van der Waals surface area contributed by atoms with Crippen LogP contribution in [0, 0.1) is 22.7 Å². The van der Waals surface area contributed by atoms with Crippen molar-refractivity contribution >= 4 is 44.9 Å². The third kappa shape index (κ3) is 4.64. The number of anilines is 1. The van der Waals surface area contributed by atoms with Crippen molar-refractivity contribution in [2.45, 2.75) is 4.90 Å². The van der Waals surface area contributed by atoms with E-state index in [9.17, 15) is 13.2 Å². The lowest BCUT2D eigenvalue weighted by Gasteiger charge is -2.15. The van der Waals surface area contributed by atoms with E-state index in [1.165, 1.54) is 35.6 Å². The SMILES string of the molecule is N#CCN(CC#N)S(=O)(=O)c1ccc(C(=O)Nc2nnc(-c3ccc(Cl)s3)o2)cc1. The van der Waals surface area contributed by atoms with E-state index in [2.05, 4.69) is 15.5 Å². The summed E-state index contributed by atoms with van der Waals surface area (Å²) in [6, 6.07) is 11.6. The molecule has 0 radical (unpaired) electrons. The van der Waals surface area contributed by atoms with E-state index in [0.29, 0.717) is 9.21 Å². The number of benzene rings is 1. The Morgan fingerprint density at radius 1 is 1.13 bits per heavy atom. The Labute approximate surface area is 180 Å². The van der Waals surface area contributed by atoms with Crippen molar-refractivity contribution in [2.75, 3.05) is 18.4 Å². The zero-order valence-electron chi connectivity index (χ0n) is 14.9. The highest BCUT2D eigenvalue weighted by Crippen LogP contribution is 2.30. The summed E-state index contributed by atoms with van der Waals surface area (Å²) in [4.78, 5) is 12.8. The molecule has 0 saturated carbocycles. The maximum absolute atomic E-state index is 12.5. The number of aromatic nitrogens is 2. The third-order valence-corrected chi connectivity index (χ3v) is 6.70. The molecule has 0 bridgehead atoms. The van der Waals surface area contributed by atoms with Gasteiger partial charge in [0.25, 0.3) is 11.8 Å². The molecule has 0 saturated heterocycles. The van der Waals surface area contributed by atoms with E-state index in [-0.39, 0.29) is 22.4 Å². The van der Waals surface area contributed by atoms with Gasteiger partial charge in [-0.2, -0.15) is 14.8 Å². The van der Waals surface area contributed by atoms with E-state index < -0.39 is 29.0 Å². The van der Waals surface area contributed by atoms with Gasteiger partial charge in [0.15, 0.2) is 0 Å². The topological polar surface area (TPSA) is 153 Å². The predicted octanol–water partition coefficient (Wildman–Crippen LogP) is 2.74. The van der Waals surface area contributed by atoms with Crippen molar-refractivity contribution < 1.29 is 17.6 Å². The third-order valence-electron chi connectivity index (χ3n) is 3.68. The molecule has 0 fully saturated rings. The van der Waals surface area contributed by atoms with Crippen molar-refractivity contribution in [1.29, 1.82) is 10.5 Å². The Hall–Kier alpha value is -3.29. The molecule has 1 aromatic carbocycles. The fourth-order valence-corrected chi connectivity index (χ4v) is 4.48. The van der Waals surface area contributed by atoms with Crippen LogP contribution in [0.3, 0.4) is 0 Å². The van der Waals surface area contributed by atoms with Crippen LogP contribution in [-0.2, 0) is 10.0 Å². The van der Waals surface area contributed by atoms with Gasteiger partial charge in [-0.05, 0) is 36.4 Å². The number of rotatable bonds is 7. The summed E-state index contributed by atoms with van der Waals surface area (Å²) in [5.41, 5.74) is 0.139. The van der Waals surface area contributed by atoms with E-state index in [1.807, 2.05) is 0 Å². The minimum Gasteiger partial charge on any atom is -0.402 e. The summed E-state index contributed by atoms with van der Waals surface area (Å²) in [6.45, 7) is -0.930. The Kier molecular flexibility index (Phi) is 6.44. The summed E-state index contributed by atoms with van der Waals surface area (Å²) >= 11 is 7.10. The van der Waals surface area contributed by atoms with Crippen LogP contribution >= 0.6 is 22.9 Å². The number of nitrogens with one attached hydrogen (secondary N) is 1. The van der Waals surface area contributed by atoms with Crippen molar-refractivity contribution in [3.05, 3.63) is 46.3 Å². The van der Waals surface area contributed by atoms with Crippen molar-refractivity contribution in [1.82, 2.24) is 14.5 Å². The highest BCUT2D eigenvalue weighted by molar-refractivity contribution is 7.89. The molecule has 0 aliphatic carbocycles. The average Bonchev–Trinajstić information content (AvgIpc) is 3.36. The highest BCUT2D eigenvalue weighted by atomic mass is 35.5. The molecule has 1 N–H and O–H groups in total. The lowest BCUT2D eigenvalue weighted by molar-refractivity contribution is 0.102. The van der Waals surface area contributed by atoms with Gasteiger partial charge in [0, 0.05) is 5.56 Å². The first-order valence-electron chi connectivity index (χ1n) is 8.10. The molecule has 3 rings (SSSR count). The van der Waals surface area contributed by atoms with Crippen LogP contribution in [0.2, 0.25) is 4.34 Å². The second-order valence-electron chi connectivity index (χ2n) is 5.58. The van der Waals surface area contributed by atoms with Gasteiger partial charge < -0.3 is 4.42 Å². The highest BCUT2D eigenvalue weighted by Gasteiger charge is 2.24. The quantitative estimate of drug-likeness (QED) is 0.525. The normalized spacial score (nSPS) is 11.1. The lowest BCUT2D eigenvalue weighted by atomic mass is 10.2. The van der Waals surface area contributed by atoms with Gasteiger partial charge in [0.1, 0.15) is 13.1 Å². The van der Waals surface area contributed by atoms with Gasteiger partial charge >= 0.3 is 6.01 Å². The Bertz CT molecular complexity index is 1240. The predicted molar refractivity (Wildman–Crippen MR) is 107 cm³/mol. The van der Waals surface area contributed by atoms with Gasteiger partial charge in [-0.25, -0.2) is 8.42 Å². The van der Waals surface area contributed by atoms with Crippen LogP contribution in [0.25, 0.3) is 10.8 Å². The zero-order valence-corrected chi connectivity index (χ0v) is 17.3.